The standard InChI is InChI=1S/C12H17N3O/c1-8(2)12(7-16)15-11-5-4-9(3)6-10(11)13-14-15/h4-6,8,12,16H,7H2,1-3H3. The van der Waals surface area contributed by atoms with E-state index in [1.165, 1.54) is 5.56 Å². The number of hydrogen-bond acceptors (Lipinski definition) is 3. The second-order valence-electron chi connectivity index (χ2n) is 4.52. The molecule has 0 saturated heterocycles. The van der Waals surface area contributed by atoms with Crippen LogP contribution >= 0.6 is 0 Å². The first kappa shape index (κ1) is 11.1. The minimum absolute atomic E-state index is 0.00675. The summed E-state index contributed by atoms with van der Waals surface area (Å²) in [4.78, 5) is 0. The predicted molar refractivity (Wildman–Crippen MR) is 63.2 cm³/mol. The first-order valence-electron chi connectivity index (χ1n) is 5.56. The lowest BCUT2D eigenvalue weighted by atomic mass is 10.1. The van der Waals surface area contributed by atoms with Crippen molar-refractivity contribution in [2.75, 3.05) is 6.61 Å². The van der Waals surface area contributed by atoms with Gasteiger partial charge in [-0.25, -0.2) is 4.68 Å². The van der Waals surface area contributed by atoms with Gasteiger partial charge in [-0.2, -0.15) is 0 Å². The molecule has 0 radical (unpaired) electrons. The SMILES string of the molecule is Cc1ccc2c(c1)nnn2C(CO)C(C)C. The van der Waals surface area contributed by atoms with Crippen LogP contribution in [0.25, 0.3) is 11.0 Å². The van der Waals surface area contributed by atoms with Gasteiger partial charge in [-0.15, -0.1) is 5.10 Å². The van der Waals surface area contributed by atoms with Crippen LogP contribution in [0.1, 0.15) is 25.5 Å². The fraction of sp³-hybridized carbons (Fsp3) is 0.500. The summed E-state index contributed by atoms with van der Waals surface area (Å²) in [6.45, 7) is 6.26. The molecule has 86 valence electrons. The Morgan fingerprint density at radius 2 is 2.12 bits per heavy atom. The molecule has 1 aromatic carbocycles. The fourth-order valence-corrected chi connectivity index (χ4v) is 1.87. The normalized spacial score (nSPS) is 13.6. The molecule has 1 aromatic heterocycles. The zero-order chi connectivity index (χ0) is 11.7. The number of benzene rings is 1. The maximum atomic E-state index is 9.39. The first-order chi connectivity index (χ1) is 7.63. The highest BCUT2D eigenvalue weighted by Crippen LogP contribution is 2.21. The van der Waals surface area contributed by atoms with Crippen molar-refractivity contribution in [3.8, 4) is 0 Å². The third-order valence-corrected chi connectivity index (χ3v) is 2.90. The minimum atomic E-state index is -0.00675. The van der Waals surface area contributed by atoms with Gasteiger partial charge in [-0.3, -0.25) is 0 Å². The lowest BCUT2D eigenvalue weighted by molar-refractivity contribution is 0.184. The topological polar surface area (TPSA) is 50.9 Å². The highest BCUT2D eigenvalue weighted by molar-refractivity contribution is 5.75. The smallest absolute Gasteiger partial charge is 0.113 e. The molecule has 0 amide bonds. The molecule has 0 saturated carbocycles. The van der Waals surface area contributed by atoms with E-state index in [1.54, 1.807) is 0 Å². The second kappa shape index (κ2) is 4.22. The Morgan fingerprint density at radius 1 is 1.38 bits per heavy atom. The van der Waals surface area contributed by atoms with E-state index < -0.39 is 0 Å². The highest BCUT2D eigenvalue weighted by atomic mass is 16.3. The van der Waals surface area contributed by atoms with E-state index in [1.807, 2.05) is 29.8 Å². The van der Waals surface area contributed by atoms with Crippen LogP contribution in [0.3, 0.4) is 0 Å². The molecular formula is C12H17N3O. The molecule has 0 aliphatic rings. The van der Waals surface area contributed by atoms with Gasteiger partial charge in [-0.05, 0) is 30.5 Å². The van der Waals surface area contributed by atoms with Gasteiger partial charge in [-0.1, -0.05) is 25.1 Å². The fourth-order valence-electron chi connectivity index (χ4n) is 1.87. The monoisotopic (exact) mass is 219 g/mol. The summed E-state index contributed by atoms with van der Waals surface area (Å²) in [5, 5.41) is 17.7. The van der Waals surface area contributed by atoms with E-state index >= 15 is 0 Å². The zero-order valence-corrected chi connectivity index (χ0v) is 9.88. The van der Waals surface area contributed by atoms with Gasteiger partial charge in [0.1, 0.15) is 5.52 Å². The molecule has 1 N–H and O–H groups in total. The van der Waals surface area contributed by atoms with Gasteiger partial charge in [0, 0.05) is 0 Å². The summed E-state index contributed by atoms with van der Waals surface area (Å²) in [6, 6.07) is 6.05. The second-order valence-corrected chi connectivity index (χ2v) is 4.52. The Balaban J connectivity index is 2.52. The molecule has 2 aromatic rings. The number of aliphatic hydroxyl groups excluding tert-OH is 1. The molecule has 0 spiro atoms. The van der Waals surface area contributed by atoms with Crippen LogP contribution in [0, 0.1) is 12.8 Å². The maximum absolute atomic E-state index is 9.39. The van der Waals surface area contributed by atoms with Crippen LogP contribution in [-0.4, -0.2) is 26.7 Å². The molecule has 0 aliphatic heterocycles. The summed E-state index contributed by atoms with van der Waals surface area (Å²) >= 11 is 0. The van der Waals surface area contributed by atoms with Gasteiger partial charge in [0.25, 0.3) is 0 Å². The Morgan fingerprint density at radius 3 is 2.75 bits per heavy atom. The summed E-state index contributed by atoms with van der Waals surface area (Å²) in [5.41, 5.74) is 3.04. The molecule has 0 fully saturated rings. The molecular weight excluding hydrogens is 202 g/mol. The number of aryl methyl sites for hydroxylation is 1. The number of hydrogen-bond donors (Lipinski definition) is 1. The van der Waals surface area contributed by atoms with Crippen LogP contribution in [-0.2, 0) is 0 Å². The molecule has 0 aliphatic carbocycles. The molecule has 1 heterocycles. The third-order valence-electron chi connectivity index (χ3n) is 2.90. The van der Waals surface area contributed by atoms with E-state index in [-0.39, 0.29) is 12.6 Å². The van der Waals surface area contributed by atoms with Crippen molar-refractivity contribution in [1.29, 1.82) is 0 Å². The van der Waals surface area contributed by atoms with Crippen LogP contribution in [0.4, 0.5) is 0 Å². The summed E-state index contributed by atoms with van der Waals surface area (Å²) in [7, 11) is 0. The minimum Gasteiger partial charge on any atom is -0.394 e. The van der Waals surface area contributed by atoms with Crippen molar-refractivity contribution in [2.24, 2.45) is 5.92 Å². The van der Waals surface area contributed by atoms with Gasteiger partial charge in [0.2, 0.25) is 0 Å². The maximum Gasteiger partial charge on any atom is 0.113 e. The summed E-state index contributed by atoms with van der Waals surface area (Å²) in [6.07, 6.45) is 0. The number of aliphatic hydroxyl groups is 1. The molecule has 4 heteroatoms. The lowest BCUT2D eigenvalue weighted by Gasteiger charge is -2.18. The van der Waals surface area contributed by atoms with E-state index in [4.69, 9.17) is 0 Å². The van der Waals surface area contributed by atoms with Crippen molar-refractivity contribution in [3.63, 3.8) is 0 Å². The Kier molecular flexibility index (Phi) is 2.92. The predicted octanol–water partition coefficient (Wildman–Crippen LogP) is 1.93. The zero-order valence-electron chi connectivity index (χ0n) is 9.88. The molecule has 1 atom stereocenters. The summed E-state index contributed by atoms with van der Waals surface area (Å²) in [5.74, 6) is 0.330. The van der Waals surface area contributed by atoms with E-state index in [2.05, 4.69) is 24.2 Å². The molecule has 16 heavy (non-hydrogen) atoms. The number of aromatic nitrogens is 3. The lowest BCUT2D eigenvalue weighted by Crippen LogP contribution is -2.20. The molecule has 1 unspecified atom stereocenters. The average molecular weight is 219 g/mol. The molecule has 0 bridgehead atoms. The van der Waals surface area contributed by atoms with Gasteiger partial charge in [0.15, 0.2) is 0 Å². The van der Waals surface area contributed by atoms with Gasteiger partial charge in [0.05, 0.1) is 18.2 Å². The van der Waals surface area contributed by atoms with Crippen molar-refractivity contribution in [1.82, 2.24) is 15.0 Å². The van der Waals surface area contributed by atoms with Crippen LogP contribution in [0.15, 0.2) is 18.2 Å². The van der Waals surface area contributed by atoms with Crippen molar-refractivity contribution >= 4 is 11.0 Å². The first-order valence-corrected chi connectivity index (χ1v) is 5.56. The quantitative estimate of drug-likeness (QED) is 0.858. The molecule has 2 rings (SSSR count). The summed E-state index contributed by atoms with van der Waals surface area (Å²) < 4.78 is 1.82. The Labute approximate surface area is 94.9 Å². The van der Waals surface area contributed by atoms with Crippen molar-refractivity contribution < 1.29 is 5.11 Å². The van der Waals surface area contributed by atoms with Crippen molar-refractivity contribution in [3.05, 3.63) is 23.8 Å². The van der Waals surface area contributed by atoms with E-state index in [9.17, 15) is 5.11 Å². The number of rotatable bonds is 3. The van der Waals surface area contributed by atoms with Crippen LogP contribution < -0.4 is 0 Å². The van der Waals surface area contributed by atoms with Gasteiger partial charge >= 0.3 is 0 Å². The van der Waals surface area contributed by atoms with E-state index in [0.29, 0.717) is 5.92 Å². The number of fused-ring (bicyclic) bond motifs is 1. The van der Waals surface area contributed by atoms with Gasteiger partial charge < -0.3 is 5.11 Å². The van der Waals surface area contributed by atoms with Crippen LogP contribution in [0.2, 0.25) is 0 Å². The van der Waals surface area contributed by atoms with E-state index in [0.717, 1.165) is 11.0 Å². The Hall–Kier alpha value is -1.42. The average Bonchev–Trinajstić information content (AvgIpc) is 2.62. The largest absolute Gasteiger partial charge is 0.394 e. The number of nitrogens with zero attached hydrogens (tertiary/aromatic N) is 3. The third kappa shape index (κ3) is 1.80. The molecule has 4 nitrogen and oxygen atoms in total. The Bertz CT molecular complexity index is 490. The van der Waals surface area contributed by atoms with Crippen LogP contribution in [0.5, 0.6) is 0 Å². The highest BCUT2D eigenvalue weighted by Gasteiger charge is 2.18. The van der Waals surface area contributed by atoms with Crippen molar-refractivity contribution in [2.45, 2.75) is 26.8 Å².